The molecule has 0 radical (unpaired) electrons. The fraction of sp³-hybridized carbons (Fsp3) is 0.158. The van der Waals surface area contributed by atoms with E-state index in [0.29, 0.717) is 22.9 Å². The third kappa shape index (κ3) is 3.67. The zero-order valence-corrected chi connectivity index (χ0v) is 14.7. The lowest BCUT2D eigenvalue weighted by atomic mass is 10.1. The Morgan fingerprint density at radius 3 is 2.72 bits per heavy atom. The van der Waals surface area contributed by atoms with Crippen LogP contribution in [0.1, 0.15) is 17.4 Å². The van der Waals surface area contributed by atoms with Crippen LogP contribution in [0.3, 0.4) is 0 Å². The van der Waals surface area contributed by atoms with Gasteiger partial charge in [0.05, 0.1) is 12.8 Å². The molecule has 128 valence electrons. The number of carbonyl (C=O) groups excluding carboxylic acids is 1. The molecule has 1 heterocycles. The molecule has 1 amide bonds. The highest BCUT2D eigenvalue weighted by atomic mass is 35.5. The minimum absolute atomic E-state index is 0.286. The second-order valence-corrected chi connectivity index (χ2v) is 5.83. The van der Waals surface area contributed by atoms with E-state index in [0.717, 1.165) is 17.0 Å². The minimum Gasteiger partial charge on any atom is -0.496 e. The molecule has 0 unspecified atom stereocenters. The van der Waals surface area contributed by atoms with E-state index in [-0.39, 0.29) is 5.91 Å². The van der Waals surface area contributed by atoms with Crippen molar-refractivity contribution in [2.24, 2.45) is 0 Å². The third-order valence-corrected chi connectivity index (χ3v) is 4.01. The second-order valence-electron chi connectivity index (χ2n) is 5.40. The highest BCUT2D eigenvalue weighted by Crippen LogP contribution is 2.30. The van der Waals surface area contributed by atoms with Crippen LogP contribution in [-0.2, 0) is 6.54 Å². The standard InChI is InChI=1S/C19H18ClN3O2/c1-3-23-17(15-9-4-5-10-18(15)25-2)12-16(22-23)19(24)21-14-8-6-7-13(20)11-14/h4-12H,3H2,1-2H3,(H,21,24). The summed E-state index contributed by atoms with van der Waals surface area (Å²) in [6.07, 6.45) is 0. The van der Waals surface area contributed by atoms with Crippen LogP contribution >= 0.6 is 11.6 Å². The predicted molar refractivity (Wildman–Crippen MR) is 99.3 cm³/mol. The lowest BCUT2D eigenvalue weighted by Crippen LogP contribution is -2.13. The molecular formula is C19H18ClN3O2. The number of nitrogens with one attached hydrogen (secondary N) is 1. The normalized spacial score (nSPS) is 10.5. The zero-order valence-electron chi connectivity index (χ0n) is 14.0. The number of methoxy groups -OCH3 is 1. The van der Waals surface area contributed by atoms with Crippen molar-refractivity contribution in [3.05, 3.63) is 65.3 Å². The molecule has 5 nitrogen and oxygen atoms in total. The summed E-state index contributed by atoms with van der Waals surface area (Å²) in [7, 11) is 1.62. The van der Waals surface area contributed by atoms with Gasteiger partial charge in [-0.2, -0.15) is 5.10 Å². The molecule has 0 bridgehead atoms. The van der Waals surface area contributed by atoms with E-state index in [9.17, 15) is 4.79 Å². The Hall–Kier alpha value is -2.79. The van der Waals surface area contributed by atoms with Crippen molar-refractivity contribution in [1.29, 1.82) is 0 Å². The fourth-order valence-electron chi connectivity index (χ4n) is 2.60. The molecule has 3 aromatic rings. The molecule has 1 aromatic heterocycles. The number of amides is 1. The van der Waals surface area contributed by atoms with Gasteiger partial charge in [-0.15, -0.1) is 0 Å². The van der Waals surface area contributed by atoms with Gasteiger partial charge in [0.1, 0.15) is 5.75 Å². The van der Waals surface area contributed by atoms with Gasteiger partial charge in [-0.3, -0.25) is 9.48 Å². The first-order chi connectivity index (χ1) is 12.1. The number of nitrogens with zero attached hydrogens (tertiary/aromatic N) is 2. The number of hydrogen-bond acceptors (Lipinski definition) is 3. The van der Waals surface area contributed by atoms with E-state index in [1.165, 1.54) is 0 Å². The highest BCUT2D eigenvalue weighted by molar-refractivity contribution is 6.30. The topological polar surface area (TPSA) is 56.2 Å². The molecule has 0 aliphatic heterocycles. The molecule has 0 saturated carbocycles. The van der Waals surface area contributed by atoms with Crippen LogP contribution < -0.4 is 10.1 Å². The molecule has 0 aliphatic carbocycles. The number of para-hydroxylation sites is 1. The summed E-state index contributed by atoms with van der Waals surface area (Å²) in [5, 5.41) is 7.79. The number of aromatic nitrogens is 2. The van der Waals surface area contributed by atoms with Gasteiger partial charge in [0.15, 0.2) is 5.69 Å². The predicted octanol–water partition coefficient (Wildman–Crippen LogP) is 4.48. The molecule has 25 heavy (non-hydrogen) atoms. The lowest BCUT2D eigenvalue weighted by molar-refractivity contribution is 0.102. The Morgan fingerprint density at radius 1 is 1.20 bits per heavy atom. The van der Waals surface area contributed by atoms with Crippen LogP contribution in [0, 0.1) is 0 Å². The summed E-state index contributed by atoms with van der Waals surface area (Å²) >= 11 is 5.95. The number of anilines is 1. The number of carbonyl (C=O) groups is 1. The average Bonchev–Trinajstić information content (AvgIpc) is 3.06. The number of hydrogen-bond donors (Lipinski definition) is 1. The van der Waals surface area contributed by atoms with Crippen LogP contribution in [0.5, 0.6) is 5.75 Å². The summed E-state index contributed by atoms with van der Waals surface area (Å²) in [5.41, 5.74) is 2.68. The van der Waals surface area contributed by atoms with Crippen molar-refractivity contribution in [2.45, 2.75) is 13.5 Å². The van der Waals surface area contributed by atoms with Crippen molar-refractivity contribution in [2.75, 3.05) is 12.4 Å². The van der Waals surface area contributed by atoms with Gasteiger partial charge >= 0.3 is 0 Å². The Morgan fingerprint density at radius 2 is 2.00 bits per heavy atom. The summed E-state index contributed by atoms with van der Waals surface area (Å²) < 4.78 is 7.20. The van der Waals surface area contributed by atoms with Gasteiger partial charge in [-0.05, 0) is 43.3 Å². The molecule has 0 atom stereocenters. The first-order valence-electron chi connectivity index (χ1n) is 7.90. The van der Waals surface area contributed by atoms with E-state index in [1.54, 1.807) is 42.1 Å². The largest absolute Gasteiger partial charge is 0.496 e. The summed E-state index contributed by atoms with van der Waals surface area (Å²) in [6.45, 7) is 2.61. The molecule has 1 N–H and O–H groups in total. The van der Waals surface area contributed by atoms with Gasteiger partial charge in [-0.1, -0.05) is 29.8 Å². The van der Waals surface area contributed by atoms with Crippen LogP contribution in [0.2, 0.25) is 5.02 Å². The van der Waals surface area contributed by atoms with E-state index < -0.39 is 0 Å². The Labute approximate surface area is 151 Å². The summed E-state index contributed by atoms with van der Waals surface area (Å²) in [5.74, 6) is 0.449. The molecular weight excluding hydrogens is 338 g/mol. The van der Waals surface area contributed by atoms with Gasteiger partial charge in [-0.25, -0.2) is 0 Å². The average molecular weight is 356 g/mol. The number of rotatable bonds is 5. The molecule has 6 heteroatoms. The van der Waals surface area contributed by atoms with E-state index >= 15 is 0 Å². The van der Waals surface area contributed by atoms with E-state index in [4.69, 9.17) is 16.3 Å². The van der Waals surface area contributed by atoms with Crippen LogP contribution in [0.15, 0.2) is 54.6 Å². The smallest absolute Gasteiger partial charge is 0.276 e. The number of halogens is 1. The van der Waals surface area contributed by atoms with E-state index in [2.05, 4.69) is 10.4 Å². The molecule has 0 aliphatic rings. The fourth-order valence-corrected chi connectivity index (χ4v) is 2.79. The second kappa shape index (κ2) is 7.40. The van der Waals surface area contributed by atoms with Gasteiger partial charge in [0, 0.05) is 22.8 Å². The maximum absolute atomic E-state index is 12.5. The zero-order chi connectivity index (χ0) is 17.8. The lowest BCUT2D eigenvalue weighted by Gasteiger charge is -2.09. The number of benzene rings is 2. The van der Waals surface area contributed by atoms with Gasteiger partial charge < -0.3 is 10.1 Å². The van der Waals surface area contributed by atoms with Crippen LogP contribution in [0.4, 0.5) is 5.69 Å². The Balaban J connectivity index is 1.93. The van der Waals surface area contributed by atoms with Crippen molar-refractivity contribution in [3.8, 4) is 17.0 Å². The maximum atomic E-state index is 12.5. The Kier molecular flexibility index (Phi) is 5.05. The van der Waals surface area contributed by atoms with Crippen molar-refractivity contribution < 1.29 is 9.53 Å². The van der Waals surface area contributed by atoms with Crippen molar-refractivity contribution >= 4 is 23.2 Å². The summed E-state index contributed by atoms with van der Waals surface area (Å²) in [6, 6.07) is 16.4. The van der Waals surface area contributed by atoms with Gasteiger partial charge in [0.25, 0.3) is 5.91 Å². The van der Waals surface area contributed by atoms with Crippen LogP contribution in [0.25, 0.3) is 11.3 Å². The summed E-state index contributed by atoms with van der Waals surface area (Å²) in [4.78, 5) is 12.5. The molecule has 3 rings (SSSR count). The quantitative estimate of drug-likeness (QED) is 0.733. The number of aryl methyl sites for hydroxylation is 1. The third-order valence-electron chi connectivity index (χ3n) is 3.78. The van der Waals surface area contributed by atoms with Crippen LogP contribution in [-0.4, -0.2) is 22.8 Å². The SMILES string of the molecule is CCn1nc(C(=O)Nc2cccc(Cl)c2)cc1-c1ccccc1OC. The van der Waals surface area contributed by atoms with Gasteiger partial charge in [0.2, 0.25) is 0 Å². The minimum atomic E-state index is -0.286. The highest BCUT2D eigenvalue weighted by Gasteiger charge is 2.17. The molecule has 0 saturated heterocycles. The molecule has 0 spiro atoms. The molecule has 2 aromatic carbocycles. The Bertz CT molecular complexity index is 905. The molecule has 0 fully saturated rings. The van der Waals surface area contributed by atoms with E-state index in [1.807, 2.05) is 31.2 Å². The maximum Gasteiger partial charge on any atom is 0.276 e. The monoisotopic (exact) mass is 355 g/mol. The van der Waals surface area contributed by atoms with Crippen molar-refractivity contribution in [3.63, 3.8) is 0 Å². The first kappa shape index (κ1) is 17.0. The number of ether oxygens (including phenoxy) is 1. The van der Waals surface area contributed by atoms with Crippen molar-refractivity contribution in [1.82, 2.24) is 9.78 Å². The first-order valence-corrected chi connectivity index (χ1v) is 8.28.